The Morgan fingerprint density at radius 2 is 1.77 bits per heavy atom. The molecule has 5 nitrogen and oxygen atoms in total. The zero-order valence-electron chi connectivity index (χ0n) is 18.2. The molecule has 0 saturated carbocycles. The first-order valence-electron chi connectivity index (χ1n) is 10.4. The van der Waals surface area contributed by atoms with Crippen LogP contribution < -0.4 is 5.32 Å². The highest BCUT2D eigenvalue weighted by Crippen LogP contribution is 2.48. The predicted molar refractivity (Wildman–Crippen MR) is 118 cm³/mol. The van der Waals surface area contributed by atoms with Crippen molar-refractivity contribution < 1.29 is 14.0 Å². The lowest BCUT2D eigenvalue weighted by Crippen LogP contribution is -2.40. The van der Waals surface area contributed by atoms with Gasteiger partial charge in [0.25, 0.3) is 0 Å². The molecule has 0 fully saturated rings. The highest BCUT2D eigenvalue weighted by Gasteiger charge is 2.46. The Hall–Kier alpha value is -2.95. The van der Waals surface area contributed by atoms with Crippen molar-refractivity contribution in [2.45, 2.75) is 53.4 Å². The fourth-order valence-electron chi connectivity index (χ4n) is 4.57. The van der Waals surface area contributed by atoms with E-state index in [1.807, 2.05) is 57.2 Å². The van der Waals surface area contributed by atoms with E-state index in [0.717, 1.165) is 22.7 Å². The number of aryl methyl sites for hydroxylation is 2. The van der Waals surface area contributed by atoms with Crippen LogP contribution in [0.1, 0.15) is 56.6 Å². The highest BCUT2D eigenvalue weighted by atomic mass is 16.3. The van der Waals surface area contributed by atoms with Crippen LogP contribution >= 0.6 is 0 Å². The second-order valence-corrected chi connectivity index (χ2v) is 9.31. The summed E-state index contributed by atoms with van der Waals surface area (Å²) in [6.45, 7) is 9.92. The number of Topliss-reactive ketones (excluding diaryl/α,β-unsaturated/α-hetero) is 1. The average molecular weight is 405 g/mol. The van der Waals surface area contributed by atoms with Crippen molar-refractivity contribution in [3.05, 3.63) is 64.8 Å². The van der Waals surface area contributed by atoms with E-state index < -0.39 is 11.8 Å². The molecule has 1 aliphatic carbocycles. The molecule has 4 rings (SSSR count). The molecule has 1 amide bonds. The maximum Gasteiger partial charge on any atom is 0.234 e. The zero-order valence-corrected chi connectivity index (χ0v) is 18.2. The summed E-state index contributed by atoms with van der Waals surface area (Å²) in [5.41, 5.74) is 3.86. The number of rotatable bonds is 3. The molecule has 2 aliphatic rings. The zero-order chi connectivity index (χ0) is 21.6. The number of carbonyl (C=O) groups excluding carboxylic acids is 2. The molecular formula is C25H28N2O3. The molecule has 1 aromatic carbocycles. The second-order valence-electron chi connectivity index (χ2n) is 9.31. The van der Waals surface area contributed by atoms with Gasteiger partial charge in [0.05, 0.1) is 11.8 Å². The number of amides is 1. The van der Waals surface area contributed by atoms with E-state index in [4.69, 9.17) is 9.41 Å². The van der Waals surface area contributed by atoms with Crippen LogP contribution in [0.4, 0.5) is 5.69 Å². The molecule has 1 N–H and O–H groups in total. The van der Waals surface area contributed by atoms with Crippen molar-refractivity contribution in [2.24, 2.45) is 16.3 Å². The number of furan rings is 1. The van der Waals surface area contributed by atoms with E-state index in [1.54, 1.807) is 0 Å². The monoisotopic (exact) mass is 404 g/mol. The predicted octanol–water partition coefficient (Wildman–Crippen LogP) is 5.35. The minimum Gasteiger partial charge on any atom is -0.466 e. The third kappa shape index (κ3) is 3.76. The number of hydrogen-bond acceptors (Lipinski definition) is 4. The van der Waals surface area contributed by atoms with Crippen molar-refractivity contribution in [2.75, 3.05) is 5.32 Å². The third-order valence-corrected chi connectivity index (χ3v) is 5.97. The van der Waals surface area contributed by atoms with Crippen LogP contribution in [-0.4, -0.2) is 17.4 Å². The molecule has 1 aromatic heterocycles. The summed E-state index contributed by atoms with van der Waals surface area (Å²) in [7, 11) is 0. The first kappa shape index (κ1) is 20.3. The lowest BCUT2D eigenvalue weighted by atomic mass is 9.68. The maximum absolute atomic E-state index is 13.4. The van der Waals surface area contributed by atoms with Gasteiger partial charge in [0.1, 0.15) is 11.5 Å². The van der Waals surface area contributed by atoms with E-state index in [-0.39, 0.29) is 17.1 Å². The van der Waals surface area contributed by atoms with Crippen molar-refractivity contribution >= 4 is 23.1 Å². The van der Waals surface area contributed by atoms with Crippen molar-refractivity contribution in [1.82, 2.24) is 0 Å². The van der Waals surface area contributed by atoms with Gasteiger partial charge in [0.15, 0.2) is 5.78 Å². The normalized spacial score (nSPS) is 23.1. The van der Waals surface area contributed by atoms with E-state index in [1.165, 1.54) is 0 Å². The Labute approximate surface area is 177 Å². The summed E-state index contributed by atoms with van der Waals surface area (Å²) in [4.78, 5) is 31.4. The number of anilines is 1. The van der Waals surface area contributed by atoms with E-state index >= 15 is 0 Å². The molecular weight excluding hydrogens is 376 g/mol. The van der Waals surface area contributed by atoms with Crippen LogP contribution in [0.25, 0.3) is 0 Å². The molecule has 0 radical (unpaired) electrons. The minimum absolute atomic E-state index is 0.0599. The van der Waals surface area contributed by atoms with Gasteiger partial charge in [-0.05, 0) is 56.9 Å². The summed E-state index contributed by atoms with van der Waals surface area (Å²) < 4.78 is 5.95. The van der Waals surface area contributed by atoms with E-state index in [9.17, 15) is 9.59 Å². The lowest BCUT2D eigenvalue weighted by molar-refractivity contribution is -0.119. The average Bonchev–Trinajstić information content (AvgIpc) is 3.07. The van der Waals surface area contributed by atoms with Gasteiger partial charge >= 0.3 is 0 Å². The molecule has 30 heavy (non-hydrogen) atoms. The van der Waals surface area contributed by atoms with Gasteiger partial charge in [0, 0.05) is 29.1 Å². The van der Waals surface area contributed by atoms with Crippen LogP contribution in [0.3, 0.4) is 0 Å². The highest BCUT2D eigenvalue weighted by molar-refractivity contribution is 6.13. The minimum atomic E-state index is -0.597. The SMILES string of the molecule is CC1=NC2=C(C(=O)CC(C)(C)C2)[C@H](c2ccc(C)o2)C1C(=O)Nc1ccc(C)cc1. The smallest absolute Gasteiger partial charge is 0.234 e. The lowest BCUT2D eigenvalue weighted by Gasteiger charge is -2.38. The Morgan fingerprint density at radius 3 is 2.40 bits per heavy atom. The van der Waals surface area contributed by atoms with Crippen LogP contribution in [0, 0.1) is 25.2 Å². The summed E-state index contributed by atoms with van der Waals surface area (Å²) in [5, 5.41) is 3.01. The number of nitrogens with one attached hydrogen (secondary N) is 1. The van der Waals surface area contributed by atoms with Crippen LogP contribution in [0.5, 0.6) is 0 Å². The number of benzene rings is 1. The molecule has 0 saturated heterocycles. The summed E-state index contributed by atoms with van der Waals surface area (Å²) in [5.74, 6) is 0.231. The molecule has 1 unspecified atom stereocenters. The molecule has 1 aliphatic heterocycles. The number of allylic oxidation sites excluding steroid dienone is 2. The van der Waals surface area contributed by atoms with Gasteiger partial charge in [-0.15, -0.1) is 0 Å². The van der Waals surface area contributed by atoms with Gasteiger partial charge in [-0.3, -0.25) is 14.6 Å². The van der Waals surface area contributed by atoms with Gasteiger partial charge in [0.2, 0.25) is 5.91 Å². The van der Waals surface area contributed by atoms with E-state index in [0.29, 0.717) is 29.9 Å². The number of nitrogens with zero attached hydrogens (tertiary/aromatic N) is 1. The molecule has 5 heteroatoms. The Kier molecular flexibility index (Phi) is 5.00. The molecule has 0 bridgehead atoms. The standard InChI is InChI=1S/C25H28N2O3/c1-14-6-9-17(10-7-14)27-24(29)21-16(3)26-18-12-25(4,5)13-19(28)22(18)23(21)20-11-8-15(2)30-20/h6-11,21,23H,12-13H2,1-5H3,(H,27,29)/t21?,23-/m1/s1. The fraction of sp³-hybridized carbons (Fsp3) is 0.400. The van der Waals surface area contributed by atoms with Crippen LogP contribution in [-0.2, 0) is 9.59 Å². The summed E-state index contributed by atoms with van der Waals surface area (Å²) in [6, 6.07) is 11.4. The van der Waals surface area contributed by atoms with Gasteiger partial charge in [-0.2, -0.15) is 0 Å². The third-order valence-electron chi connectivity index (χ3n) is 5.97. The van der Waals surface area contributed by atoms with Crippen molar-refractivity contribution in [3.63, 3.8) is 0 Å². The first-order chi connectivity index (χ1) is 14.1. The van der Waals surface area contributed by atoms with Gasteiger partial charge in [-0.1, -0.05) is 31.5 Å². The largest absolute Gasteiger partial charge is 0.466 e. The molecule has 0 spiro atoms. The van der Waals surface area contributed by atoms with Crippen LogP contribution in [0.15, 0.2) is 57.1 Å². The summed E-state index contributed by atoms with van der Waals surface area (Å²) >= 11 is 0. The Morgan fingerprint density at radius 1 is 1.07 bits per heavy atom. The number of carbonyl (C=O) groups is 2. The Balaban J connectivity index is 1.77. The molecule has 2 atom stereocenters. The van der Waals surface area contributed by atoms with Crippen molar-refractivity contribution in [1.29, 1.82) is 0 Å². The second kappa shape index (κ2) is 7.38. The summed E-state index contributed by atoms with van der Waals surface area (Å²) in [6.07, 6.45) is 1.16. The van der Waals surface area contributed by atoms with E-state index in [2.05, 4.69) is 19.2 Å². The fourth-order valence-corrected chi connectivity index (χ4v) is 4.57. The first-order valence-corrected chi connectivity index (χ1v) is 10.4. The van der Waals surface area contributed by atoms with Gasteiger partial charge < -0.3 is 9.73 Å². The molecule has 156 valence electrons. The van der Waals surface area contributed by atoms with Gasteiger partial charge in [-0.25, -0.2) is 0 Å². The number of aliphatic imine (C=N–C) groups is 1. The topological polar surface area (TPSA) is 71.7 Å². The number of ketones is 1. The number of hydrogen-bond donors (Lipinski definition) is 1. The van der Waals surface area contributed by atoms with Crippen LogP contribution in [0.2, 0.25) is 0 Å². The maximum atomic E-state index is 13.4. The van der Waals surface area contributed by atoms with Crippen molar-refractivity contribution in [3.8, 4) is 0 Å². The molecule has 2 aromatic rings. The Bertz CT molecular complexity index is 1070. The molecule has 2 heterocycles. The quantitative estimate of drug-likeness (QED) is 0.749.